The number of carbonyl (C=O) groups is 1. The Morgan fingerprint density at radius 2 is 1.59 bits per heavy atom. The molecule has 144 valence electrons. The van der Waals surface area contributed by atoms with Crippen LogP contribution in [0.2, 0.25) is 16.6 Å². The summed E-state index contributed by atoms with van der Waals surface area (Å²) >= 11 is -2.51. The molecule has 0 aliphatic carbocycles. The van der Waals surface area contributed by atoms with Crippen molar-refractivity contribution in [3.05, 3.63) is 27.3 Å². The Balaban J connectivity index is 0.00000364. The number of rotatable bonds is 4. The number of fused-ring (bicyclic) bond motifs is 1. The van der Waals surface area contributed by atoms with Crippen molar-refractivity contribution in [2.24, 2.45) is 0 Å². The second-order valence-corrected chi connectivity index (χ2v) is 17.8. The van der Waals surface area contributed by atoms with E-state index in [0.29, 0.717) is 20.2 Å². The summed E-state index contributed by atoms with van der Waals surface area (Å²) in [6.45, 7) is 13.3. The molecule has 27 heavy (non-hydrogen) atoms. The van der Waals surface area contributed by atoms with Gasteiger partial charge in [0.05, 0.1) is 0 Å². The van der Waals surface area contributed by atoms with Crippen LogP contribution in [0.4, 0.5) is 0 Å². The third kappa shape index (κ3) is 5.00. The normalized spacial score (nSPS) is 15.3. The molecule has 5 nitrogen and oxygen atoms in total. The Morgan fingerprint density at radius 3 is 2.04 bits per heavy atom. The van der Waals surface area contributed by atoms with Gasteiger partial charge < -0.3 is 0 Å². The summed E-state index contributed by atoms with van der Waals surface area (Å²) in [6.07, 6.45) is 0. The number of carbonyl (C=O) groups excluding carboxylic acids is 1. The summed E-state index contributed by atoms with van der Waals surface area (Å²) in [6, 6.07) is 3.89. The maximum absolute atomic E-state index is 12.1. The minimum absolute atomic E-state index is 0. The van der Waals surface area contributed by atoms with Crippen LogP contribution in [0, 0.1) is 13.0 Å². The fraction of sp³-hybridized carbons (Fsp3) is 0.500. The molecule has 1 aromatic rings. The van der Waals surface area contributed by atoms with E-state index in [0.717, 1.165) is 6.07 Å². The van der Waals surface area contributed by atoms with Crippen LogP contribution >= 0.6 is 20.2 Å². The smallest absolute Gasteiger partial charge is 1.00 e. The van der Waals surface area contributed by atoms with Gasteiger partial charge in [-0.15, -0.1) is 0 Å². The van der Waals surface area contributed by atoms with Gasteiger partial charge in [-0.3, -0.25) is 0 Å². The predicted molar refractivity (Wildman–Crippen MR) is 111 cm³/mol. The molecule has 0 radical (unpaired) electrons. The van der Waals surface area contributed by atoms with Crippen molar-refractivity contribution in [1.82, 2.24) is 0 Å². The Hall–Kier alpha value is 0.107. The first-order valence-corrected chi connectivity index (χ1v) is 15.1. The molecular weight excluding hydrogens is 506 g/mol. The van der Waals surface area contributed by atoms with Crippen molar-refractivity contribution in [2.45, 2.75) is 63.1 Å². The molecular formula is C18H24INaO5SSi. The molecule has 0 saturated heterocycles. The molecule has 0 N–H and O–H groups in total. The Labute approximate surface area is 193 Å². The van der Waals surface area contributed by atoms with Crippen molar-refractivity contribution >= 4 is 44.4 Å². The summed E-state index contributed by atoms with van der Waals surface area (Å²) in [4.78, 5) is 11.7. The van der Waals surface area contributed by atoms with Crippen molar-refractivity contribution in [2.75, 3.05) is 0 Å². The van der Waals surface area contributed by atoms with Gasteiger partial charge in [0.15, 0.2) is 0 Å². The minimum atomic E-state index is -4.60. The first-order valence-electron chi connectivity index (χ1n) is 8.46. The van der Waals surface area contributed by atoms with Crippen LogP contribution < -0.4 is 29.6 Å². The molecule has 0 saturated carbocycles. The van der Waals surface area contributed by atoms with E-state index in [1.165, 1.54) is 12.1 Å². The van der Waals surface area contributed by atoms with Gasteiger partial charge in [-0.2, -0.15) is 0 Å². The molecule has 9 heteroatoms. The second kappa shape index (κ2) is 9.28. The number of halogens is 1. The van der Waals surface area contributed by atoms with E-state index in [9.17, 15) is 17.8 Å². The van der Waals surface area contributed by atoms with Gasteiger partial charge in [0.2, 0.25) is 0 Å². The Kier molecular flexibility index (Phi) is 8.64. The molecule has 0 spiro atoms. The van der Waals surface area contributed by atoms with Gasteiger partial charge in [0.25, 0.3) is 0 Å². The summed E-state index contributed by atoms with van der Waals surface area (Å²) in [5.74, 6) is -0.573. The standard InChI is InChI=1S/C18H25IO5SSi.Na/c1-12(2)26(13(3)4,14(5)6)10-9-19-17-8-7-15(25(21,22)23)11-16(17)18(20)24-19;/h7-8,11-14H,1-6H3,(H,21,22,23);/q;+1/p-1. The van der Waals surface area contributed by atoms with Crippen LogP contribution in [0.5, 0.6) is 0 Å². The predicted octanol–water partition coefficient (Wildman–Crippen LogP) is 1.54. The fourth-order valence-corrected chi connectivity index (χ4v) is 14.2. The number of hydrogen-bond acceptors (Lipinski definition) is 5. The molecule has 0 amide bonds. The molecule has 1 aliphatic rings. The SMILES string of the molecule is CC(C)[Si](C#CI1OC(=O)c2cc(S(=O)(=O)[O-])ccc21)(C(C)C)C(C)C.[Na+]. The quantitative estimate of drug-likeness (QED) is 0.255. The molecule has 0 unspecified atom stereocenters. The molecule has 1 aliphatic heterocycles. The second-order valence-electron chi connectivity index (χ2n) is 7.33. The monoisotopic (exact) mass is 530 g/mol. The Morgan fingerprint density at radius 1 is 1.07 bits per heavy atom. The van der Waals surface area contributed by atoms with E-state index in [1.54, 1.807) is 0 Å². The summed E-state index contributed by atoms with van der Waals surface area (Å²) in [7, 11) is -6.54. The molecule has 0 fully saturated rings. The molecule has 1 heterocycles. The van der Waals surface area contributed by atoms with Crippen LogP contribution in [0.3, 0.4) is 0 Å². The van der Waals surface area contributed by atoms with E-state index in [2.05, 4.69) is 51.0 Å². The first-order chi connectivity index (χ1) is 11.9. The van der Waals surface area contributed by atoms with Crippen molar-refractivity contribution in [3.63, 3.8) is 0 Å². The van der Waals surface area contributed by atoms with Crippen LogP contribution in [0.25, 0.3) is 0 Å². The van der Waals surface area contributed by atoms with Crippen LogP contribution in [-0.2, 0) is 13.2 Å². The number of hydrogen-bond donors (Lipinski definition) is 0. The fourth-order valence-electron chi connectivity index (χ4n) is 3.75. The van der Waals surface area contributed by atoms with Crippen LogP contribution in [-0.4, -0.2) is 27.0 Å². The average Bonchev–Trinajstić information content (AvgIpc) is 2.82. The summed E-state index contributed by atoms with van der Waals surface area (Å²) < 4.78 is 43.0. The van der Waals surface area contributed by atoms with E-state index in [-0.39, 0.29) is 35.1 Å². The van der Waals surface area contributed by atoms with Gasteiger partial charge in [-0.25, -0.2) is 0 Å². The van der Waals surface area contributed by atoms with Gasteiger partial charge >= 0.3 is 195 Å². The van der Waals surface area contributed by atoms with Crippen LogP contribution in [0.15, 0.2) is 23.1 Å². The molecule has 0 aromatic heterocycles. The average molecular weight is 530 g/mol. The molecule has 2 rings (SSSR count). The zero-order valence-electron chi connectivity index (χ0n) is 16.8. The van der Waals surface area contributed by atoms with Gasteiger partial charge in [0, 0.05) is 0 Å². The third-order valence-corrected chi connectivity index (χ3v) is 16.2. The van der Waals surface area contributed by atoms with Gasteiger partial charge in [-0.1, -0.05) is 0 Å². The molecule has 0 bridgehead atoms. The van der Waals surface area contributed by atoms with E-state index < -0.39 is 49.3 Å². The topological polar surface area (TPSA) is 83.5 Å². The third-order valence-electron chi connectivity index (χ3n) is 4.99. The van der Waals surface area contributed by atoms with Crippen LogP contribution in [0.1, 0.15) is 51.9 Å². The minimum Gasteiger partial charge on any atom is 1.00 e. The zero-order valence-corrected chi connectivity index (χ0v) is 22.8. The maximum atomic E-state index is 12.1. The van der Waals surface area contributed by atoms with Crippen molar-refractivity contribution in [3.8, 4) is 9.47 Å². The van der Waals surface area contributed by atoms with E-state index in [1.807, 2.05) is 0 Å². The Bertz CT molecular complexity index is 865. The summed E-state index contributed by atoms with van der Waals surface area (Å²) in [5, 5.41) is 0. The van der Waals surface area contributed by atoms with Crippen molar-refractivity contribution in [1.29, 1.82) is 0 Å². The van der Waals surface area contributed by atoms with E-state index in [4.69, 9.17) is 3.07 Å². The zero-order chi connectivity index (χ0) is 19.9. The largest absolute Gasteiger partial charge is 1.00 e. The van der Waals surface area contributed by atoms with Gasteiger partial charge in [-0.05, 0) is 0 Å². The number of benzene rings is 1. The van der Waals surface area contributed by atoms with Crippen molar-refractivity contribution < 1.29 is 50.4 Å². The van der Waals surface area contributed by atoms with E-state index >= 15 is 0 Å². The molecule has 1 aromatic carbocycles. The molecule has 0 atom stereocenters. The summed E-state index contributed by atoms with van der Waals surface area (Å²) in [5.41, 5.74) is 5.16. The first kappa shape index (κ1) is 25.1. The van der Waals surface area contributed by atoms with Gasteiger partial charge in [0.1, 0.15) is 0 Å². The maximum Gasteiger partial charge on any atom is 1.00 e.